The molecule has 2 N–H and O–H groups in total. The van der Waals surface area contributed by atoms with Gasteiger partial charge in [0, 0.05) is 11.8 Å². The van der Waals surface area contributed by atoms with Crippen molar-refractivity contribution in [2.24, 2.45) is 0 Å². The molecule has 0 saturated carbocycles. The molecule has 132 valence electrons. The van der Waals surface area contributed by atoms with E-state index in [0.717, 1.165) is 17.5 Å². The Morgan fingerprint density at radius 3 is 2.44 bits per heavy atom. The molecule has 1 amide bonds. The molecular weight excluding hydrogens is 320 g/mol. The highest BCUT2D eigenvalue weighted by Crippen LogP contribution is 2.17. The first-order valence-electron chi connectivity index (χ1n) is 8.13. The number of carbonyl (C=O) groups excluding carboxylic acids is 3. The third-order valence-corrected chi connectivity index (χ3v) is 3.87. The Morgan fingerprint density at radius 1 is 1.20 bits per heavy atom. The predicted octanol–water partition coefficient (Wildman–Crippen LogP) is 2.95. The highest BCUT2D eigenvalue weighted by molar-refractivity contribution is 5.97. The molecule has 0 fully saturated rings. The number of H-pyrrole nitrogens is 1. The summed E-state index contributed by atoms with van der Waals surface area (Å²) in [6, 6.07) is 9.19. The lowest BCUT2D eigenvalue weighted by molar-refractivity contribution is -0.125. The number of carbonyl (C=O) groups is 3. The molecule has 0 aliphatic heterocycles. The van der Waals surface area contributed by atoms with Gasteiger partial charge in [0.25, 0.3) is 5.91 Å². The normalized spacial score (nSPS) is 11.6. The summed E-state index contributed by atoms with van der Waals surface area (Å²) in [4.78, 5) is 37.8. The average molecular weight is 342 g/mol. The molecule has 6 heteroatoms. The van der Waals surface area contributed by atoms with Crippen molar-refractivity contribution in [1.82, 2.24) is 10.3 Å². The van der Waals surface area contributed by atoms with Gasteiger partial charge in [0.1, 0.15) is 5.69 Å². The van der Waals surface area contributed by atoms with E-state index in [1.165, 1.54) is 19.2 Å². The number of aryl methyl sites for hydroxylation is 1. The van der Waals surface area contributed by atoms with Gasteiger partial charge in [-0.25, -0.2) is 4.79 Å². The fourth-order valence-corrected chi connectivity index (χ4v) is 2.38. The molecule has 2 rings (SSSR count). The molecule has 1 aromatic heterocycles. The van der Waals surface area contributed by atoms with Crippen molar-refractivity contribution in [2.75, 3.05) is 6.61 Å². The van der Waals surface area contributed by atoms with Gasteiger partial charge < -0.3 is 15.0 Å². The van der Waals surface area contributed by atoms with E-state index < -0.39 is 5.97 Å². The maximum Gasteiger partial charge on any atom is 0.355 e. The second kappa shape index (κ2) is 8.28. The number of rotatable bonds is 7. The van der Waals surface area contributed by atoms with Crippen LogP contribution in [0.1, 0.15) is 58.3 Å². The standard InChI is InChI=1S/C19H22N2O4/c1-4-16(14-7-5-12(2)6-8-14)21-18(23)11-25-19(24)17-9-15(10-20-17)13(3)22/h5-10,16,20H,4,11H2,1-3H3,(H,21,23)/t16-/m0/s1. The Labute approximate surface area is 146 Å². The quantitative estimate of drug-likeness (QED) is 0.598. The summed E-state index contributed by atoms with van der Waals surface area (Å²) >= 11 is 0. The van der Waals surface area contributed by atoms with E-state index in [2.05, 4.69) is 10.3 Å². The lowest BCUT2D eigenvalue weighted by atomic mass is 10.0. The fourth-order valence-electron chi connectivity index (χ4n) is 2.38. The number of aromatic amines is 1. The Hall–Kier alpha value is -2.89. The van der Waals surface area contributed by atoms with Crippen molar-refractivity contribution in [1.29, 1.82) is 0 Å². The van der Waals surface area contributed by atoms with Gasteiger partial charge in [-0.15, -0.1) is 0 Å². The van der Waals surface area contributed by atoms with E-state index in [4.69, 9.17) is 4.74 Å². The monoisotopic (exact) mass is 342 g/mol. The molecule has 0 radical (unpaired) electrons. The molecule has 0 unspecified atom stereocenters. The van der Waals surface area contributed by atoms with Crippen LogP contribution >= 0.6 is 0 Å². The van der Waals surface area contributed by atoms with Gasteiger partial charge in [0.15, 0.2) is 12.4 Å². The number of hydrogen-bond donors (Lipinski definition) is 2. The first kappa shape index (κ1) is 18.4. The molecule has 1 aromatic carbocycles. The van der Waals surface area contributed by atoms with Crippen LogP contribution in [0.25, 0.3) is 0 Å². The average Bonchev–Trinajstić information content (AvgIpc) is 3.09. The number of amides is 1. The maximum absolute atomic E-state index is 12.0. The van der Waals surface area contributed by atoms with E-state index in [9.17, 15) is 14.4 Å². The van der Waals surface area contributed by atoms with Crippen LogP contribution < -0.4 is 5.32 Å². The molecule has 2 aromatic rings. The smallest absolute Gasteiger partial charge is 0.355 e. The SMILES string of the molecule is CC[C@H](NC(=O)COC(=O)c1cc(C(C)=O)c[nH]1)c1ccc(C)cc1. The fraction of sp³-hybridized carbons (Fsp3) is 0.316. The van der Waals surface area contributed by atoms with Gasteiger partial charge in [-0.2, -0.15) is 0 Å². The van der Waals surface area contributed by atoms with Crippen LogP contribution in [0.3, 0.4) is 0 Å². The Morgan fingerprint density at radius 2 is 1.88 bits per heavy atom. The van der Waals surface area contributed by atoms with Crippen LogP contribution in [0.2, 0.25) is 0 Å². The molecule has 0 saturated heterocycles. The number of nitrogens with one attached hydrogen (secondary N) is 2. The van der Waals surface area contributed by atoms with Gasteiger partial charge in [0.05, 0.1) is 6.04 Å². The second-order valence-electron chi connectivity index (χ2n) is 5.87. The van der Waals surface area contributed by atoms with Crippen LogP contribution in [0.5, 0.6) is 0 Å². The largest absolute Gasteiger partial charge is 0.451 e. The molecule has 25 heavy (non-hydrogen) atoms. The summed E-state index contributed by atoms with van der Waals surface area (Å²) in [6.07, 6.45) is 2.16. The second-order valence-corrected chi connectivity index (χ2v) is 5.87. The van der Waals surface area contributed by atoms with Crippen molar-refractivity contribution in [2.45, 2.75) is 33.2 Å². The molecular formula is C19H22N2O4. The first-order chi connectivity index (χ1) is 11.9. The minimum absolute atomic E-state index is 0.137. The summed E-state index contributed by atoms with van der Waals surface area (Å²) in [7, 11) is 0. The predicted molar refractivity (Wildman–Crippen MR) is 93.4 cm³/mol. The number of benzene rings is 1. The van der Waals surface area contributed by atoms with Crippen molar-refractivity contribution in [3.05, 3.63) is 58.9 Å². The molecule has 1 heterocycles. The van der Waals surface area contributed by atoms with Gasteiger partial charge in [-0.3, -0.25) is 9.59 Å². The van der Waals surface area contributed by atoms with E-state index in [-0.39, 0.29) is 30.0 Å². The van der Waals surface area contributed by atoms with E-state index >= 15 is 0 Å². The number of ketones is 1. The minimum atomic E-state index is -0.675. The molecule has 1 atom stereocenters. The molecule has 0 spiro atoms. The van der Waals surface area contributed by atoms with E-state index in [0.29, 0.717) is 5.56 Å². The van der Waals surface area contributed by atoms with E-state index in [1.807, 2.05) is 38.1 Å². The summed E-state index contributed by atoms with van der Waals surface area (Å²) in [6.45, 7) is 5.00. The summed E-state index contributed by atoms with van der Waals surface area (Å²) in [5.74, 6) is -1.21. The van der Waals surface area contributed by atoms with Crippen molar-refractivity contribution in [3.8, 4) is 0 Å². The van der Waals surface area contributed by atoms with Crippen LogP contribution in [0.4, 0.5) is 0 Å². The number of Topliss-reactive ketones (excluding diaryl/α,β-unsaturated/α-hetero) is 1. The maximum atomic E-state index is 12.0. The molecule has 0 aliphatic rings. The Balaban J connectivity index is 1.89. The topological polar surface area (TPSA) is 88.3 Å². The van der Waals surface area contributed by atoms with Gasteiger partial charge in [-0.1, -0.05) is 36.8 Å². The molecule has 0 bridgehead atoms. The van der Waals surface area contributed by atoms with Gasteiger partial charge >= 0.3 is 5.97 Å². The van der Waals surface area contributed by atoms with Crippen LogP contribution in [0.15, 0.2) is 36.5 Å². The number of aromatic nitrogens is 1. The summed E-state index contributed by atoms with van der Waals surface area (Å²) in [5.41, 5.74) is 2.68. The van der Waals surface area contributed by atoms with Crippen LogP contribution in [-0.2, 0) is 9.53 Å². The first-order valence-corrected chi connectivity index (χ1v) is 8.13. The van der Waals surface area contributed by atoms with Gasteiger partial charge in [0.2, 0.25) is 0 Å². The number of hydrogen-bond acceptors (Lipinski definition) is 4. The zero-order valence-corrected chi connectivity index (χ0v) is 14.6. The molecule has 6 nitrogen and oxygen atoms in total. The Kier molecular flexibility index (Phi) is 6.11. The van der Waals surface area contributed by atoms with Crippen molar-refractivity contribution in [3.63, 3.8) is 0 Å². The highest BCUT2D eigenvalue weighted by atomic mass is 16.5. The zero-order valence-electron chi connectivity index (χ0n) is 14.6. The van der Waals surface area contributed by atoms with Gasteiger partial charge in [-0.05, 0) is 31.9 Å². The van der Waals surface area contributed by atoms with Crippen LogP contribution in [-0.4, -0.2) is 29.3 Å². The van der Waals surface area contributed by atoms with Crippen LogP contribution in [0, 0.1) is 6.92 Å². The van der Waals surface area contributed by atoms with Crippen molar-refractivity contribution >= 4 is 17.7 Å². The third kappa shape index (κ3) is 5.04. The summed E-state index contributed by atoms with van der Waals surface area (Å²) < 4.78 is 4.99. The lowest BCUT2D eigenvalue weighted by Crippen LogP contribution is -2.32. The van der Waals surface area contributed by atoms with E-state index in [1.54, 1.807) is 0 Å². The lowest BCUT2D eigenvalue weighted by Gasteiger charge is -2.17. The Bertz CT molecular complexity index is 762. The summed E-state index contributed by atoms with van der Waals surface area (Å²) in [5, 5.41) is 2.85. The third-order valence-electron chi connectivity index (χ3n) is 3.87. The van der Waals surface area contributed by atoms with Crippen molar-refractivity contribution < 1.29 is 19.1 Å². The number of ether oxygens (including phenoxy) is 1. The molecule has 0 aliphatic carbocycles. The highest BCUT2D eigenvalue weighted by Gasteiger charge is 2.16. The zero-order chi connectivity index (χ0) is 18.4. The minimum Gasteiger partial charge on any atom is -0.451 e. The number of esters is 1.